The summed E-state index contributed by atoms with van der Waals surface area (Å²) in [5.74, 6) is 0.266. The zero-order valence-corrected chi connectivity index (χ0v) is 17.0. The first-order chi connectivity index (χ1) is 13.4. The minimum atomic E-state index is -0.179. The van der Waals surface area contributed by atoms with Gasteiger partial charge in [-0.25, -0.2) is 0 Å². The molecule has 28 heavy (non-hydrogen) atoms. The van der Waals surface area contributed by atoms with Crippen LogP contribution in [-0.2, 0) is 4.79 Å². The molecule has 0 atom stereocenters. The van der Waals surface area contributed by atoms with Gasteiger partial charge in [0, 0.05) is 29.7 Å². The summed E-state index contributed by atoms with van der Waals surface area (Å²) >= 11 is 7.33. The monoisotopic (exact) mass is 414 g/mol. The first-order valence-electron chi connectivity index (χ1n) is 8.52. The second-order valence-electron chi connectivity index (χ2n) is 6.23. The van der Waals surface area contributed by atoms with Crippen molar-refractivity contribution in [3.63, 3.8) is 0 Å². The number of halogens is 1. The number of hydrogen-bond donors (Lipinski definition) is 1. The Morgan fingerprint density at radius 2 is 1.68 bits per heavy atom. The van der Waals surface area contributed by atoms with Gasteiger partial charge in [0.1, 0.15) is 5.75 Å². The van der Waals surface area contributed by atoms with Gasteiger partial charge in [-0.2, -0.15) is 0 Å². The van der Waals surface area contributed by atoms with E-state index in [0.29, 0.717) is 21.3 Å². The van der Waals surface area contributed by atoms with Crippen molar-refractivity contribution >= 4 is 40.4 Å². The number of amides is 2. The Hall–Kier alpha value is -2.83. The lowest BCUT2D eigenvalue weighted by Crippen LogP contribution is -2.27. The van der Waals surface area contributed by atoms with Crippen LogP contribution in [0.15, 0.2) is 60.7 Å². The fraction of sp³-hybridized carbons (Fsp3) is 0.143. The van der Waals surface area contributed by atoms with Gasteiger partial charge < -0.3 is 15.0 Å². The molecule has 144 valence electrons. The van der Waals surface area contributed by atoms with Gasteiger partial charge in [0.25, 0.3) is 11.8 Å². The highest BCUT2D eigenvalue weighted by molar-refractivity contribution is 7.17. The molecule has 0 aliphatic carbocycles. The number of likely N-dealkylation sites (N-methyl/N-ethyl adjacent to an activating group) is 1. The van der Waals surface area contributed by atoms with Crippen molar-refractivity contribution in [2.24, 2.45) is 0 Å². The number of rotatable bonds is 6. The molecule has 0 radical (unpaired) electrons. The van der Waals surface area contributed by atoms with E-state index < -0.39 is 0 Å². The van der Waals surface area contributed by atoms with Crippen molar-refractivity contribution < 1.29 is 14.3 Å². The first-order valence-corrected chi connectivity index (χ1v) is 9.72. The van der Waals surface area contributed by atoms with Crippen molar-refractivity contribution in [3.8, 4) is 16.2 Å². The van der Waals surface area contributed by atoms with Crippen LogP contribution in [0.5, 0.6) is 5.75 Å². The first kappa shape index (κ1) is 19.9. The van der Waals surface area contributed by atoms with Gasteiger partial charge in [0.05, 0.1) is 4.88 Å². The highest BCUT2D eigenvalue weighted by Gasteiger charge is 2.11. The van der Waals surface area contributed by atoms with E-state index in [1.165, 1.54) is 16.2 Å². The second kappa shape index (κ2) is 8.91. The lowest BCUT2D eigenvalue weighted by molar-refractivity contribution is -0.130. The van der Waals surface area contributed by atoms with E-state index in [9.17, 15) is 9.59 Å². The number of hydrogen-bond acceptors (Lipinski definition) is 4. The number of carbonyl (C=O) groups excluding carboxylic acids is 2. The molecule has 0 unspecified atom stereocenters. The molecule has 5 nitrogen and oxygen atoms in total. The summed E-state index contributed by atoms with van der Waals surface area (Å²) in [6.07, 6.45) is 0. The van der Waals surface area contributed by atoms with E-state index in [1.807, 2.05) is 30.3 Å². The molecule has 3 aromatic rings. The van der Waals surface area contributed by atoms with Gasteiger partial charge in [-0.05, 0) is 54.1 Å². The molecule has 0 saturated heterocycles. The van der Waals surface area contributed by atoms with Crippen molar-refractivity contribution in [1.82, 2.24) is 4.90 Å². The molecule has 2 amide bonds. The second-order valence-corrected chi connectivity index (χ2v) is 7.75. The van der Waals surface area contributed by atoms with Gasteiger partial charge in [-0.1, -0.05) is 23.7 Å². The maximum absolute atomic E-state index is 12.5. The maximum atomic E-state index is 12.5. The third-order valence-corrected chi connectivity index (χ3v) is 5.32. The number of anilines is 1. The summed E-state index contributed by atoms with van der Waals surface area (Å²) in [4.78, 5) is 27.1. The van der Waals surface area contributed by atoms with Gasteiger partial charge in [-0.3, -0.25) is 9.59 Å². The summed E-state index contributed by atoms with van der Waals surface area (Å²) in [6.45, 7) is -0.0264. The third kappa shape index (κ3) is 5.12. The van der Waals surface area contributed by atoms with Crippen LogP contribution >= 0.6 is 22.9 Å². The van der Waals surface area contributed by atoms with Crippen molar-refractivity contribution in [2.75, 3.05) is 26.0 Å². The maximum Gasteiger partial charge on any atom is 0.265 e. The average molecular weight is 415 g/mol. The highest BCUT2D eigenvalue weighted by Crippen LogP contribution is 2.29. The van der Waals surface area contributed by atoms with Crippen molar-refractivity contribution in [3.05, 3.63) is 70.6 Å². The van der Waals surface area contributed by atoms with Gasteiger partial charge in [-0.15, -0.1) is 11.3 Å². The van der Waals surface area contributed by atoms with Crippen LogP contribution in [0.25, 0.3) is 10.4 Å². The van der Waals surface area contributed by atoms with Crippen molar-refractivity contribution in [1.29, 1.82) is 0 Å². The number of nitrogens with zero attached hydrogens (tertiary/aromatic N) is 1. The number of thiophene rings is 1. The van der Waals surface area contributed by atoms with Crippen molar-refractivity contribution in [2.45, 2.75) is 0 Å². The molecule has 0 aliphatic heterocycles. The molecular formula is C21H19ClN2O3S. The van der Waals surface area contributed by atoms with Crippen LogP contribution in [0.3, 0.4) is 0 Å². The SMILES string of the molecule is CN(C)C(=O)COc1ccc(NC(=O)c2ccc(-c3ccc(Cl)cc3)s2)cc1. The van der Waals surface area contributed by atoms with Gasteiger partial charge >= 0.3 is 0 Å². The van der Waals surface area contributed by atoms with Gasteiger partial charge in [0.2, 0.25) is 0 Å². The van der Waals surface area contributed by atoms with Crippen LogP contribution in [0, 0.1) is 0 Å². The molecule has 0 spiro atoms. The minimum absolute atomic E-state index is 0.0264. The zero-order chi connectivity index (χ0) is 20.1. The smallest absolute Gasteiger partial charge is 0.265 e. The number of nitrogens with one attached hydrogen (secondary N) is 1. The lowest BCUT2D eigenvalue weighted by atomic mass is 10.2. The number of benzene rings is 2. The third-order valence-electron chi connectivity index (χ3n) is 3.93. The Morgan fingerprint density at radius 1 is 1.00 bits per heavy atom. The lowest BCUT2D eigenvalue weighted by Gasteiger charge is -2.11. The van der Waals surface area contributed by atoms with E-state index in [1.54, 1.807) is 44.4 Å². The van der Waals surface area contributed by atoms with E-state index in [4.69, 9.17) is 16.3 Å². The fourth-order valence-electron chi connectivity index (χ4n) is 2.33. The van der Waals surface area contributed by atoms with Gasteiger partial charge in [0.15, 0.2) is 6.61 Å². The number of ether oxygens (including phenoxy) is 1. The zero-order valence-electron chi connectivity index (χ0n) is 15.4. The average Bonchev–Trinajstić information content (AvgIpc) is 3.18. The Kier molecular flexibility index (Phi) is 6.34. The standard InChI is InChI=1S/C21H19ClN2O3S/c1-24(2)20(25)13-27-17-9-7-16(8-10-17)23-21(26)19-12-11-18(28-19)14-3-5-15(22)6-4-14/h3-12H,13H2,1-2H3,(H,23,26). The molecule has 1 N–H and O–H groups in total. The number of carbonyl (C=O) groups is 2. The fourth-order valence-corrected chi connectivity index (χ4v) is 3.36. The molecule has 0 aliphatic rings. The largest absolute Gasteiger partial charge is 0.484 e. The topological polar surface area (TPSA) is 58.6 Å². The highest BCUT2D eigenvalue weighted by atomic mass is 35.5. The molecule has 0 bridgehead atoms. The van der Waals surface area contributed by atoms with Crippen LogP contribution in [0.2, 0.25) is 5.02 Å². The molecule has 2 aromatic carbocycles. The predicted octanol–water partition coefficient (Wildman–Crippen LogP) is 4.79. The Balaban J connectivity index is 1.60. The Bertz CT molecular complexity index is 966. The summed E-state index contributed by atoms with van der Waals surface area (Å²) in [5.41, 5.74) is 1.67. The summed E-state index contributed by atoms with van der Waals surface area (Å²) in [5, 5.41) is 3.54. The molecule has 7 heteroatoms. The molecule has 3 rings (SSSR count). The molecule has 0 saturated carbocycles. The van der Waals surface area contributed by atoms with Crippen LogP contribution in [0.4, 0.5) is 5.69 Å². The van der Waals surface area contributed by atoms with Crippen LogP contribution in [0.1, 0.15) is 9.67 Å². The molecule has 0 fully saturated rings. The van der Waals surface area contributed by atoms with E-state index in [2.05, 4.69) is 5.32 Å². The van der Waals surface area contributed by atoms with Crippen LogP contribution < -0.4 is 10.1 Å². The predicted molar refractivity (Wildman–Crippen MR) is 113 cm³/mol. The summed E-state index contributed by atoms with van der Waals surface area (Å²) in [6, 6.07) is 18.1. The Morgan fingerprint density at radius 3 is 2.32 bits per heavy atom. The normalized spacial score (nSPS) is 10.4. The summed E-state index contributed by atoms with van der Waals surface area (Å²) < 4.78 is 5.42. The van der Waals surface area contributed by atoms with E-state index in [-0.39, 0.29) is 18.4 Å². The minimum Gasteiger partial charge on any atom is -0.484 e. The molecule has 1 heterocycles. The Labute approximate surface area is 172 Å². The van der Waals surface area contributed by atoms with E-state index in [0.717, 1.165) is 10.4 Å². The van der Waals surface area contributed by atoms with Crippen LogP contribution in [-0.4, -0.2) is 37.4 Å². The quantitative estimate of drug-likeness (QED) is 0.631. The molecular weight excluding hydrogens is 396 g/mol. The summed E-state index contributed by atoms with van der Waals surface area (Å²) in [7, 11) is 3.35. The molecule has 1 aromatic heterocycles. The van der Waals surface area contributed by atoms with E-state index >= 15 is 0 Å².